The molecule has 29 heavy (non-hydrogen) atoms. The normalized spacial score (nSPS) is 12.3. The number of ether oxygens (including phenoxy) is 1. The maximum absolute atomic E-state index is 12.6. The van der Waals surface area contributed by atoms with Gasteiger partial charge < -0.3 is 9.64 Å². The van der Waals surface area contributed by atoms with Crippen molar-refractivity contribution < 1.29 is 9.53 Å². The molecule has 5 heteroatoms. The second-order valence-corrected chi connectivity index (χ2v) is 8.28. The molecule has 0 aromatic heterocycles. The van der Waals surface area contributed by atoms with Crippen LogP contribution in [0.1, 0.15) is 34.7 Å². The van der Waals surface area contributed by atoms with Crippen LogP contribution in [-0.2, 0) is 4.74 Å². The molecule has 0 saturated carbocycles. The Morgan fingerprint density at radius 3 is 2.55 bits per heavy atom. The smallest absolute Gasteiger partial charge is 0.339 e. The molecule has 0 aliphatic rings. The second-order valence-electron chi connectivity index (χ2n) is 7.43. The Morgan fingerprint density at radius 1 is 1.03 bits per heavy atom. The summed E-state index contributed by atoms with van der Waals surface area (Å²) < 4.78 is 5.69. The fraction of sp³-hybridized carbons (Fsp3) is 0.292. The molecule has 0 fully saturated rings. The van der Waals surface area contributed by atoms with Crippen LogP contribution in [-0.4, -0.2) is 38.1 Å². The van der Waals surface area contributed by atoms with Crippen molar-refractivity contribution in [1.29, 1.82) is 0 Å². The third kappa shape index (κ3) is 5.72. The van der Waals surface area contributed by atoms with Crippen LogP contribution in [0.15, 0.2) is 60.7 Å². The molecule has 0 aliphatic heterocycles. The Balaban J connectivity index is 1.80. The maximum atomic E-state index is 12.6. The van der Waals surface area contributed by atoms with E-state index < -0.39 is 5.97 Å². The Morgan fingerprint density at radius 2 is 1.79 bits per heavy atom. The van der Waals surface area contributed by atoms with Gasteiger partial charge in [-0.2, -0.15) is 0 Å². The SMILES string of the molecule is CN(C)CCCC(COC(=O)c1ccc(Cl)cc1Cl)c1cccc2ccccc12. The Labute approximate surface area is 182 Å². The molecule has 0 aliphatic carbocycles. The molecule has 3 nitrogen and oxygen atoms in total. The molecule has 0 bridgehead atoms. The van der Waals surface area contributed by atoms with Crippen LogP contribution in [0.5, 0.6) is 0 Å². The molecule has 3 rings (SSSR count). The quantitative estimate of drug-likeness (QED) is 0.386. The summed E-state index contributed by atoms with van der Waals surface area (Å²) in [5.41, 5.74) is 1.54. The molecular formula is C24H25Cl2NO2. The molecule has 0 heterocycles. The van der Waals surface area contributed by atoms with Crippen LogP contribution >= 0.6 is 23.2 Å². The highest BCUT2D eigenvalue weighted by molar-refractivity contribution is 6.36. The number of rotatable bonds is 8. The summed E-state index contributed by atoms with van der Waals surface area (Å²) in [5, 5.41) is 3.18. The van der Waals surface area contributed by atoms with Crippen molar-refractivity contribution >= 4 is 39.9 Å². The first-order valence-corrected chi connectivity index (χ1v) is 10.5. The molecule has 1 unspecified atom stereocenters. The predicted octanol–water partition coefficient (Wildman–Crippen LogP) is 6.43. The average Bonchev–Trinajstić information content (AvgIpc) is 2.69. The monoisotopic (exact) mass is 429 g/mol. The predicted molar refractivity (Wildman–Crippen MR) is 121 cm³/mol. The zero-order valence-electron chi connectivity index (χ0n) is 16.7. The molecule has 152 valence electrons. The molecule has 0 N–H and O–H groups in total. The van der Waals surface area contributed by atoms with Crippen LogP contribution < -0.4 is 0 Å². The number of hydrogen-bond acceptors (Lipinski definition) is 3. The van der Waals surface area contributed by atoms with E-state index in [4.69, 9.17) is 27.9 Å². The molecule has 0 amide bonds. The lowest BCUT2D eigenvalue weighted by atomic mass is 9.90. The molecular weight excluding hydrogens is 405 g/mol. The summed E-state index contributed by atoms with van der Waals surface area (Å²) in [6.45, 7) is 1.29. The van der Waals surface area contributed by atoms with E-state index in [1.807, 2.05) is 12.1 Å². The number of carbonyl (C=O) groups is 1. The summed E-state index contributed by atoms with van der Waals surface area (Å²) in [5.74, 6) is -0.319. The van der Waals surface area contributed by atoms with Crippen LogP contribution in [0.3, 0.4) is 0 Å². The van der Waals surface area contributed by atoms with Crippen molar-refractivity contribution in [3.8, 4) is 0 Å². The standard InChI is InChI=1S/C24H25Cl2NO2/c1-27(2)14-6-9-18(21-11-5-8-17-7-3-4-10-20(17)21)16-29-24(28)22-13-12-19(25)15-23(22)26/h3-5,7-8,10-13,15,18H,6,9,14,16H2,1-2H3. The first-order valence-electron chi connectivity index (χ1n) is 9.70. The van der Waals surface area contributed by atoms with E-state index >= 15 is 0 Å². The largest absolute Gasteiger partial charge is 0.461 e. The van der Waals surface area contributed by atoms with Gasteiger partial charge in [0, 0.05) is 10.9 Å². The van der Waals surface area contributed by atoms with Gasteiger partial charge in [-0.3, -0.25) is 0 Å². The fourth-order valence-electron chi connectivity index (χ4n) is 3.50. The minimum Gasteiger partial charge on any atom is -0.461 e. The van der Waals surface area contributed by atoms with Crippen molar-refractivity contribution in [3.05, 3.63) is 81.8 Å². The van der Waals surface area contributed by atoms with Crippen LogP contribution in [0.4, 0.5) is 0 Å². The van der Waals surface area contributed by atoms with Crippen molar-refractivity contribution in [3.63, 3.8) is 0 Å². The van der Waals surface area contributed by atoms with Gasteiger partial charge in [0.05, 0.1) is 17.2 Å². The van der Waals surface area contributed by atoms with Crippen molar-refractivity contribution in [2.24, 2.45) is 0 Å². The topological polar surface area (TPSA) is 29.5 Å². The molecule has 0 radical (unpaired) electrons. The Hall–Kier alpha value is -2.07. The van der Waals surface area contributed by atoms with Crippen LogP contribution in [0, 0.1) is 0 Å². The van der Waals surface area contributed by atoms with E-state index in [2.05, 4.69) is 49.3 Å². The minimum atomic E-state index is -0.426. The number of nitrogens with zero attached hydrogens (tertiary/aromatic N) is 1. The third-order valence-corrected chi connectivity index (χ3v) is 5.54. The van der Waals surface area contributed by atoms with Crippen molar-refractivity contribution in [1.82, 2.24) is 4.90 Å². The number of hydrogen-bond donors (Lipinski definition) is 0. The second kappa shape index (κ2) is 10.1. The van der Waals surface area contributed by atoms with Gasteiger partial charge in [-0.25, -0.2) is 4.79 Å². The van der Waals surface area contributed by atoms with Gasteiger partial charge in [-0.05, 0) is 68.0 Å². The lowest BCUT2D eigenvalue weighted by Gasteiger charge is -2.21. The highest BCUT2D eigenvalue weighted by atomic mass is 35.5. The van der Waals surface area contributed by atoms with Gasteiger partial charge in [0.25, 0.3) is 0 Å². The van der Waals surface area contributed by atoms with E-state index in [-0.39, 0.29) is 5.92 Å². The summed E-state index contributed by atoms with van der Waals surface area (Å²) in [6.07, 6.45) is 1.94. The summed E-state index contributed by atoms with van der Waals surface area (Å²) in [6, 6.07) is 19.4. The number of esters is 1. The van der Waals surface area contributed by atoms with Crippen LogP contribution in [0.25, 0.3) is 10.8 Å². The van der Waals surface area contributed by atoms with E-state index in [0.717, 1.165) is 19.4 Å². The van der Waals surface area contributed by atoms with Gasteiger partial charge in [0.15, 0.2) is 0 Å². The van der Waals surface area contributed by atoms with Crippen molar-refractivity contribution in [2.75, 3.05) is 27.2 Å². The zero-order valence-corrected chi connectivity index (χ0v) is 18.2. The molecule has 0 spiro atoms. The zero-order chi connectivity index (χ0) is 20.8. The van der Waals surface area contributed by atoms with Gasteiger partial charge in [0.1, 0.15) is 0 Å². The average molecular weight is 430 g/mol. The highest BCUT2D eigenvalue weighted by Gasteiger charge is 2.19. The van der Waals surface area contributed by atoms with Gasteiger partial charge >= 0.3 is 5.97 Å². The lowest BCUT2D eigenvalue weighted by Crippen LogP contribution is -2.17. The fourth-order valence-corrected chi connectivity index (χ4v) is 3.98. The Kier molecular flexibility index (Phi) is 7.54. The third-order valence-electron chi connectivity index (χ3n) is 4.99. The molecule has 1 atom stereocenters. The molecule has 0 saturated heterocycles. The van der Waals surface area contributed by atoms with E-state index in [1.165, 1.54) is 16.3 Å². The summed E-state index contributed by atoms with van der Waals surface area (Å²) in [7, 11) is 4.13. The maximum Gasteiger partial charge on any atom is 0.339 e. The van der Waals surface area contributed by atoms with Gasteiger partial charge in [-0.15, -0.1) is 0 Å². The molecule has 3 aromatic carbocycles. The number of halogens is 2. The Bertz CT molecular complexity index is 982. The minimum absolute atomic E-state index is 0.107. The number of benzene rings is 3. The number of fused-ring (bicyclic) bond motifs is 1. The molecule has 3 aromatic rings. The van der Waals surface area contributed by atoms with E-state index in [9.17, 15) is 4.79 Å². The summed E-state index contributed by atoms with van der Waals surface area (Å²) in [4.78, 5) is 14.8. The first-order chi connectivity index (χ1) is 14.0. The van der Waals surface area contributed by atoms with Gasteiger partial charge in [0.2, 0.25) is 0 Å². The van der Waals surface area contributed by atoms with E-state index in [1.54, 1.807) is 18.2 Å². The van der Waals surface area contributed by atoms with Crippen molar-refractivity contribution in [2.45, 2.75) is 18.8 Å². The number of carbonyl (C=O) groups excluding carboxylic acids is 1. The van der Waals surface area contributed by atoms with Gasteiger partial charge in [-0.1, -0.05) is 65.7 Å². The highest BCUT2D eigenvalue weighted by Crippen LogP contribution is 2.30. The first kappa shape index (κ1) is 21.6. The van der Waals surface area contributed by atoms with E-state index in [0.29, 0.717) is 22.2 Å². The summed E-state index contributed by atoms with van der Waals surface area (Å²) >= 11 is 12.1. The lowest BCUT2D eigenvalue weighted by molar-refractivity contribution is 0.0474. The van der Waals surface area contributed by atoms with Crippen LogP contribution in [0.2, 0.25) is 10.0 Å².